The molecule has 3 heterocycles. The van der Waals surface area contributed by atoms with E-state index in [2.05, 4.69) is 15.3 Å². The zero-order valence-electron chi connectivity index (χ0n) is 20.0. The molecule has 0 aliphatic carbocycles. The van der Waals surface area contributed by atoms with Gasteiger partial charge in [0.2, 0.25) is 6.29 Å². The van der Waals surface area contributed by atoms with Crippen molar-refractivity contribution >= 4 is 27.9 Å². The minimum absolute atomic E-state index is 0.0428. The van der Waals surface area contributed by atoms with Crippen LogP contribution >= 0.6 is 0 Å². The molecule has 37 heavy (non-hydrogen) atoms. The number of allylic oxidation sites excluding steroid dienone is 1. The number of fused-ring (bicyclic) bond motifs is 2. The summed E-state index contributed by atoms with van der Waals surface area (Å²) in [5.74, 6) is -0.280. The van der Waals surface area contributed by atoms with E-state index in [1.165, 1.54) is 6.26 Å². The van der Waals surface area contributed by atoms with Crippen molar-refractivity contribution in [3.8, 4) is 0 Å². The maximum atomic E-state index is 13.2. The van der Waals surface area contributed by atoms with Crippen molar-refractivity contribution in [3.63, 3.8) is 0 Å². The first-order valence-electron chi connectivity index (χ1n) is 12.0. The highest BCUT2D eigenvalue weighted by molar-refractivity contribution is 5.91. The number of imidazole rings is 1. The fourth-order valence-corrected chi connectivity index (χ4v) is 4.23. The van der Waals surface area contributed by atoms with E-state index in [0.29, 0.717) is 28.8 Å². The van der Waals surface area contributed by atoms with Crippen LogP contribution in [0.5, 0.6) is 0 Å². The van der Waals surface area contributed by atoms with Gasteiger partial charge < -0.3 is 34.0 Å². The second kappa shape index (κ2) is 11.4. The quantitative estimate of drug-likeness (QED) is 0.280. The number of carbonyl (C=O) groups is 1. The van der Waals surface area contributed by atoms with Gasteiger partial charge in [-0.25, -0.2) is 4.98 Å². The van der Waals surface area contributed by atoms with Gasteiger partial charge in [0.25, 0.3) is 5.91 Å². The molecule has 1 aliphatic rings. The van der Waals surface area contributed by atoms with Gasteiger partial charge in [0, 0.05) is 17.9 Å². The number of para-hydroxylation sites is 3. The zero-order chi connectivity index (χ0) is 25.6. The molecular formula is C27H27N3O7. The van der Waals surface area contributed by atoms with Crippen molar-refractivity contribution in [1.82, 2.24) is 15.3 Å². The number of H-pyrrole nitrogens is 1. The van der Waals surface area contributed by atoms with E-state index < -0.39 is 18.1 Å². The Morgan fingerprint density at radius 2 is 1.97 bits per heavy atom. The van der Waals surface area contributed by atoms with Gasteiger partial charge in [0.1, 0.15) is 11.4 Å². The van der Waals surface area contributed by atoms with Crippen LogP contribution in [0.15, 0.2) is 75.8 Å². The number of aliphatic hydroxyl groups is 1. The first-order chi connectivity index (χ1) is 18.1. The summed E-state index contributed by atoms with van der Waals surface area (Å²) >= 11 is 0. The van der Waals surface area contributed by atoms with Gasteiger partial charge in [-0.15, -0.1) is 0 Å². The molecule has 0 saturated carbocycles. The minimum Gasteiger partial charge on any atom is -0.464 e. The van der Waals surface area contributed by atoms with Gasteiger partial charge in [-0.3, -0.25) is 9.59 Å². The molecule has 0 bridgehead atoms. The number of aliphatic hydroxyl groups excluding tert-OH is 1. The third-order valence-electron chi connectivity index (χ3n) is 6.01. The summed E-state index contributed by atoms with van der Waals surface area (Å²) in [7, 11) is 0. The Labute approximate surface area is 211 Å². The monoisotopic (exact) mass is 505 g/mol. The fourth-order valence-electron chi connectivity index (χ4n) is 4.23. The van der Waals surface area contributed by atoms with Crippen molar-refractivity contribution < 1.29 is 28.5 Å². The molecule has 4 aromatic rings. The summed E-state index contributed by atoms with van der Waals surface area (Å²) in [5, 5.41) is 12.1. The van der Waals surface area contributed by atoms with Crippen LogP contribution in [-0.4, -0.2) is 53.7 Å². The van der Waals surface area contributed by atoms with Gasteiger partial charge in [0.15, 0.2) is 11.2 Å². The van der Waals surface area contributed by atoms with Crippen LogP contribution in [0.2, 0.25) is 0 Å². The lowest BCUT2D eigenvalue weighted by atomic mass is 9.93. The fraction of sp³-hybridized carbons (Fsp3) is 0.296. The highest BCUT2D eigenvalue weighted by atomic mass is 16.7. The van der Waals surface area contributed by atoms with Gasteiger partial charge in [-0.1, -0.05) is 24.3 Å². The summed E-state index contributed by atoms with van der Waals surface area (Å²) in [6.45, 7) is 0.721. The normalized spacial score (nSPS) is 17.5. The summed E-state index contributed by atoms with van der Waals surface area (Å²) in [5.41, 5.74) is 2.41. The molecule has 2 atom stereocenters. The summed E-state index contributed by atoms with van der Waals surface area (Å²) in [4.78, 5) is 33.9. The summed E-state index contributed by atoms with van der Waals surface area (Å²) < 4.78 is 22.6. The third kappa shape index (κ3) is 5.72. The minimum atomic E-state index is -0.787. The molecule has 10 nitrogen and oxygen atoms in total. The molecule has 0 saturated heterocycles. The Kier molecular flexibility index (Phi) is 7.59. The van der Waals surface area contributed by atoms with Crippen LogP contribution < -0.4 is 10.7 Å². The van der Waals surface area contributed by atoms with Gasteiger partial charge in [0.05, 0.1) is 55.7 Å². The maximum absolute atomic E-state index is 13.2. The van der Waals surface area contributed by atoms with Gasteiger partial charge >= 0.3 is 0 Å². The first kappa shape index (κ1) is 24.7. The molecule has 3 N–H and O–H groups in total. The molecule has 2 aromatic carbocycles. The number of aromatic nitrogens is 2. The molecule has 0 radical (unpaired) electrons. The molecule has 0 spiro atoms. The molecule has 2 aromatic heterocycles. The van der Waals surface area contributed by atoms with Crippen molar-refractivity contribution in [2.75, 3.05) is 26.4 Å². The number of hydrogen-bond acceptors (Lipinski definition) is 8. The van der Waals surface area contributed by atoms with Crippen molar-refractivity contribution in [2.24, 2.45) is 0 Å². The number of carbonyl (C=O) groups excluding carboxylic acids is 1. The van der Waals surface area contributed by atoms with Crippen LogP contribution in [0.1, 0.15) is 23.7 Å². The number of rotatable bonds is 10. The van der Waals surface area contributed by atoms with Crippen LogP contribution in [0.3, 0.4) is 0 Å². The maximum Gasteiger partial charge on any atom is 0.286 e. The number of aromatic amines is 1. The van der Waals surface area contributed by atoms with E-state index in [4.69, 9.17) is 23.7 Å². The highest BCUT2D eigenvalue weighted by Gasteiger charge is 2.30. The van der Waals surface area contributed by atoms with E-state index in [0.717, 1.165) is 11.0 Å². The van der Waals surface area contributed by atoms with E-state index in [-0.39, 0.29) is 44.2 Å². The molecule has 1 aliphatic heterocycles. The second-order valence-electron chi connectivity index (χ2n) is 8.53. The Morgan fingerprint density at radius 3 is 2.84 bits per heavy atom. The summed E-state index contributed by atoms with van der Waals surface area (Å²) in [6.07, 6.45) is 2.58. The number of amides is 1. The lowest BCUT2D eigenvalue weighted by molar-refractivity contribution is -0.151. The van der Waals surface area contributed by atoms with Gasteiger partial charge in [-0.05, 0) is 30.3 Å². The highest BCUT2D eigenvalue weighted by Crippen LogP contribution is 2.31. The molecule has 5 rings (SSSR count). The van der Waals surface area contributed by atoms with Crippen LogP contribution in [0, 0.1) is 0 Å². The lowest BCUT2D eigenvalue weighted by Crippen LogP contribution is -2.34. The lowest BCUT2D eigenvalue weighted by Gasteiger charge is -2.29. The van der Waals surface area contributed by atoms with Crippen molar-refractivity contribution in [2.45, 2.75) is 25.2 Å². The predicted octanol–water partition coefficient (Wildman–Crippen LogP) is 2.73. The average molecular weight is 506 g/mol. The van der Waals surface area contributed by atoms with Crippen molar-refractivity contribution in [3.05, 3.63) is 88.2 Å². The van der Waals surface area contributed by atoms with E-state index in [1.54, 1.807) is 30.3 Å². The Hall–Kier alpha value is -3.99. The zero-order valence-corrected chi connectivity index (χ0v) is 20.0. The predicted molar refractivity (Wildman–Crippen MR) is 135 cm³/mol. The molecule has 0 unspecified atom stereocenters. The van der Waals surface area contributed by atoms with Crippen molar-refractivity contribution in [1.29, 1.82) is 0 Å². The standard InChI is InChI=1S/C27H27N3O7/c31-9-10-34-11-12-35-25-14-17(19-16-36-22-8-4-1-5-18(22)26(19)32)13-23(37-25)27(33)28-15-24-29-20-6-2-3-7-21(20)30-24/h1-8,13,16-17,25,31H,9-12,14-15H2,(H,28,33)(H,29,30)/t17-,25+/m1/s1. The first-order valence-corrected chi connectivity index (χ1v) is 12.0. The Morgan fingerprint density at radius 1 is 1.14 bits per heavy atom. The third-order valence-corrected chi connectivity index (χ3v) is 6.01. The SMILES string of the molecule is O=C(NCc1nc2ccccc2[nH]1)C1=C[C@@H](c2coc3ccccc3c2=O)C[C@@H](OCCOCCO)O1. The largest absolute Gasteiger partial charge is 0.464 e. The number of benzene rings is 2. The van der Waals surface area contributed by atoms with Crippen LogP contribution in [-0.2, 0) is 25.5 Å². The molecule has 192 valence electrons. The van der Waals surface area contributed by atoms with E-state index in [9.17, 15) is 9.59 Å². The number of hydrogen-bond donors (Lipinski definition) is 3. The smallest absolute Gasteiger partial charge is 0.286 e. The number of nitrogens with one attached hydrogen (secondary N) is 2. The average Bonchev–Trinajstić information content (AvgIpc) is 3.35. The Bertz CT molecular complexity index is 1440. The molecule has 1 amide bonds. The Balaban J connectivity index is 1.35. The van der Waals surface area contributed by atoms with Crippen LogP contribution in [0.4, 0.5) is 0 Å². The number of ether oxygens (including phenoxy) is 3. The van der Waals surface area contributed by atoms with E-state index >= 15 is 0 Å². The summed E-state index contributed by atoms with van der Waals surface area (Å²) in [6, 6.07) is 14.6. The van der Waals surface area contributed by atoms with Gasteiger partial charge in [-0.2, -0.15) is 0 Å². The number of nitrogens with zero attached hydrogens (tertiary/aromatic N) is 1. The molecular weight excluding hydrogens is 478 g/mol. The van der Waals surface area contributed by atoms with E-state index in [1.807, 2.05) is 24.3 Å². The topological polar surface area (TPSA) is 136 Å². The second-order valence-corrected chi connectivity index (χ2v) is 8.53. The molecule has 10 heteroatoms. The van der Waals surface area contributed by atoms with Crippen LogP contribution in [0.25, 0.3) is 22.0 Å². The molecule has 0 fully saturated rings.